The zero-order valence-electron chi connectivity index (χ0n) is 8.58. The number of nitrogens with zero attached hydrogens (tertiary/aromatic N) is 2. The van der Waals surface area contributed by atoms with Crippen molar-refractivity contribution in [1.29, 1.82) is 0 Å². The number of thiophene rings is 1. The lowest BCUT2D eigenvalue weighted by Gasteiger charge is -1.85. The first kappa shape index (κ1) is 11.0. The predicted octanol–water partition coefficient (Wildman–Crippen LogP) is 3.66. The molecule has 0 radical (unpaired) electrons. The Morgan fingerprint density at radius 1 is 1.27 bits per heavy atom. The minimum Gasteiger partial charge on any atom is -0.143 e. The summed E-state index contributed by atoms with van der Waals surface area (Å²) in [6.45, 7) is 4.25. The van der Waals surface area contributed by atoms with E-state index in [9.17, 15) is 0 Å². The Labute approximate surface area is 102 Å². The van der Waals surface area contributed by atoms with E-state index in [2.05, 4.69) is 30.1 Å². The average molecular weight is 259 g/mol. The van der Waals surface area contributed by atoms with Crippen LogP contribution in [0.1, 0.15) is 15.4 Å². The van der Waals surface area contributed by atoms with Gasteiger partial charge in [-0.1, -0.05) is 11.3 Å². The fourth-order valence-electron chi connectivity index (χ4n) is 1.21. The molecule has 0 aliphatic rings. The number of rotatable bonds is 3. The number of aromatic nitrogens is 2. The highest BCUT2D eigenvalue weighted by molar-refractivity contribution is 7.21. The lowest BCUT2D eigenvalue weighted by Crippen LogP contribution is -1.82. The van der Waals surface area contributed by atoms with Crippen LogP contribution in [0.5, 0.6) is 0 Å². The highest BCUT2D eigenvalue weighted by Gasteiger charge is 2.09. The molecule has 0 aliphatic carbocycles. The van der Waals surface area contributed by atoms with E-state index in [0.717, 1.165) is 16.4 Å². The Morgan fingerprint density at radius 3 is 2.67 bits per heavy atom. The summed E-state index contributed by atoms with van der Waals surface area (Å²) in [6, 6.07) is 2.17. The van der Waals surface area contributed by atoms with E-state index >= 15 is 0 Å². The van der Waals surface area contributed by atoms with Gasteiger partial charge in [0.15, 0.2) is 5.01 Å². The van der Waals surface area contributed by atoms with Crippen LogP contribution in [0.4, 0.5) is 0 Å². The summed E-state index contributed by atoms with van der Waals surface area (Å²) in [5.74, 6) is 0.608. The van der Waals surface area contributed by atoms with Gasteiger partial charge in [0, 0.05) is 17.2 Å². The third kappa shape index (κ3) is 2.38. The summed E-state index contributed by atoms with van der Waals surface area (Å²) < 4.78 is 0. The summed E-state index contributed by atoms with van der Waals surface area (Å²) >= 11 is 9.07. The molecular formula is C10H11ClN2S2. The molecule has 0 amide bonds. The lowest BCUT2D eigenvalue weighted by molar-refractivity contribution is 0.991. The van der Waals surface area contributed by atoms with E-state index < -0.39 is 0 Å². The molecule has 2 heterocycles. The molecule has 0 atom stereocenters. The van der Waals surface area contributed by atoms with Gasteiger partial charge in [-0.3, -0.25) is 0 Å². The quantitative estimate of drug-likeness (QED) is 0.785. The van der Waals surface area contributed by atoms with E-state index in [4.69, 9.17) is 11.6 Å². The SMILES string of the molecule is Cc1cc(-c2nnc(CCCl)s2)sc1C. The molecule has 0 aromatic carbocycles. The molecular weight excluding hydrogens is 248 g/mol. The smallest absolute Gasteiger partial charge is 0.143 e. The lowest BCUT2D eigenvalue weighted by atomic mass is 10.3. The van der Waals surface area contributed by atoms with Gasteiger partial charge in [-0.05, 0) is 25.5 Å². The largest absolute Gasteiger partial charge is 0.157 e. The normalized spacial score (nSPS) is 10.9. The molecule has 0 unspecified atom stereocenters. The van der Waals surface area contributed by atoms with Crippen molar-refractivity contribution in [2.75, 3.05) is 5.88 Å². The second kappa shape index (κ2) is 4.60. The van der Waals surface area contributed by atoms with Gasteiger partial charge in [0.1, 0.15) is 5.01 Å². The average Bonchev–Trinajstić information content (AvgIpc) is 2.76. The Balaban J connectivity index is 2.28. The van der Waals surface area contributed by atoms with Crippen molar-refractivity contribution in [1.82, 2.24) is 10.2 Å². The number of aryl methyl sites for hydroxylation is 3. The number of alkyl halides is 1. The maximum atomic E-state index is 5.66. The van der Waals surface area contributed by atoms with E-state index in [1.165, 1.54) is 15.3 Å². The molecule has 0 saturated heterocycles. The standard InChI is InChI=1S/C10H11ClN2S2/c1-6-5-8(14-7(6)2)10-13-12-9(15-10)3-4-11/h5H,3-4H2,1-2H3. The van der Waals surface area contributed by atoms with Crippen molar-refractivity contribution in [3.63, 3.8) is 0 Å². The van der Waals surface area contributed by atoms with Crippen LogP contribution in [0.25, 0.3) is 9.88 Å². The van der Waals surface area contributed by atoms with Crippen molar-refractivity contribution in [2.24, 2.45) is 0 Å². The molecule has 15 heavy (non-hydrogen) atoms. The first-order valence-electron chi connectivity index (χ1n) is 4.66. The summed E-state index contributed by atoms with van der Waals surface area (Å²) in [7, 11) is 0. The van der Waals surface area contributed by atoms with Crippen molar-refractivity contribution in [3.05, 3.63) is 21.5 Å². The Hall–Kier alpha value is -0.450. The van der Waals surface area contributed by atoms with Gasteiger partial charge < -0.3 is 0 Å². The molecule has 0 spiro atoms. The molecule has 0 fully saturated rings. The van der Waals surface area contributed by atoms with Gasteiger partial charge in [-0.15, -0.1) is 33.1 Å². The Kier molecular flexibility index (Phi) is 3.38. The van der Waals surface area contributed by atoms with Crippen LogP contribution in [0.2, 0.25) is 0 Å². The second-order valence-corrected chi connectivity index (χ2v) is 5.99. The maximum absolute atomic E-state index is 5.66. The molecule has 2 aromatic heterocycles. The number of hydrogen-bond donors (Lipinski definition) is 0. The molecule has 0 aliphatic heterocycles. The summed E-state index contributed by atoms with van der Waals surface area (Å²) in [5, 5.41) is 10.3. The fourth-order valence-corrected chi connectivity index (χ4v) is 3.42. The topological polar surface area (TPSA) is 25.8 Å². The molecule has 0 N–H and O–H groups in total. The number of hydrogen-bond acceptors (Lipinski definition) is 4. The minimum absolute atomic E-state index is 0.608. The third-order valence-electron chi connectivity index (χ3n) is 2.15. The Morgan fingerprint density at radius 2 is 2.07 bits per heavy atom. The van der Waals surface area contributed by atoms with Crippen LogP contribution in [-0.2, 0) is 6.42 Å². The van der Waals surface area contributed by atoms with Crippen LogP contribution in [-0.4, -0.2) is 16.1 Å². The third-order valence-corrected chi connectivity index (χ3v) is 4.65. The van der Waals surface area contributed by atoms with Gasteiger partial charge in [-0.25, -0.2) is 0 Å². The highest BCUT2D eigenvalue weighted by atomic mass is 35.5. The second-order valence-electron chi connectivity index (χ2n) is 3.29. The minimum atomic E-state index is 0.608. The van der Waals surface area contributed by atoms with Gasteiger partial charge in [0.2, 0.25) is 0 Å². The molecule has 2 aromatic rings. The van der Waals surface area contributed by atoms with Crippen molar-refractivity contribution in [3.8, 4) is 9.88 Å². The number of halogens is 1. The molecule has 0 bridgehead atoms. The zero-order valence-corrected chi connectivity index (χ0v) is 11.0. The van der Waals surface area contributed by atoms with E-state index in [1.807, 2.05) is 0 Å². The molecule has 0 saturated carbocycles. The summed E-state index contributed by atoms with van der Waals surface area (Å²) in [6.07, 6.45) is 0.808. The van der Waals surface area contributed by atoms with Crippen molar-refractivity contribution >= 4 is 34.3 Å². The van der Waals surface area contributed by atoms with Crippen molar-refractivity contribution < 1.29 is 0 Å². The summed E-state index contributed by atoms with van der Waals surface area (Å²) in [4.78, 5) is 2.56. The van der Waals surface area contributed by atoms with Crippen molar-refractivity contribution in [2.45, 2.75) is 20.3 Å². The van der Waals surface area contributed by atoms with Crippen LogP contribution in [0.3, 0.4) is 0 Å². The van der Waals surface area contributed by atoms with Crippen LogP contribution < -0.4 is 0 Å². The van der Waals surface area contributed by atoms with Crippen LogP contribution in [0, 0.1) is 13.8 Å². The molecule has 2 rings (SSSR count). The van der Waals surface area contributed by atoms with Crippen LogP contribution in [0.15, 0.2) is 6.07 Å². The van der Waals surface area contributed by atoms with E-state index in [0.29, 0.717) is 5.88 Å². The summed E-state index contributed by atoms with van der Waals surface area (Å²) in [5.41, 5.74) is 1.32. The van der Waals surface area contributed by atoms with E-state index in [-0.39, 0.29) is 0 Å². The maximum Gasteiger partial charge on any atom is 0.157 e. The monoisotopic (exact) mass is 258 g/mol. The van der Waals surface area contributed by atoms with E-state index in [1.54, 1.807) is 22.7 Å². The molecule has 2 nitrogen and oxygen atoms in total. The zero-order chi connectivity index (χ0) is 10.8. The Bertz CT molecular complexity index is 442. The highest BCUT2D eigenvalue weighted by Crippen LogP contribution is 2.32. The van der Waals surface area contributed by atoms with Gasteiger partial charge in [0.05, 0.1) is 4.88 Å². The predicted molar refractivity (Wildman–Crippen MR) is 67.1 cm³/mol. The first-order chi connectivity index (χ1) is 7.20. The molecule has 5 heteroatoms. The van der Waals surface area contributed by atoms with Gasteiger partial charge >= 0.3 is 0 Å². The van der Waals surface area contributed by atoms with Gasteiger partial charge in [0.25, 0.3) is 0 Å². The fraction of sp³-hybridized carbons (Fsp3) is 0.400. The molecule has 80 valence electrons. The van der Waals surface area contributed by atoms with Gasteiger partial charge in [-0.2, -0.15) is 0 Å². The first-order valence-corrected chi connectivity index (χ1v) is 6.83. The van der Waals surface area contributed by atoms with Crippen LogP contribution >= 0.6 is 34.3 Å².